The molecule has 0 unspecified atom stereocenters. The van der Waals surface area contributed by atoms with Gasteiger partial charge in [-0.2, -0.15) is 0 Å². The molecule has 0 saturated carbocycles. The summed E-state index contributed by atoms with van der Waals surface area (Å²) in [5.41, 5.74) is 4.55. The predicted molar refractivity (Wildman–Crippen MR) is 310 cm³/mol. The van der Waals surface area contributed by atoms with E-state index in [0.29, 0.717) is 101 Å². The SMILES string of the molecule is C=CC(=O)OCc1ccc(OC(C(C)C)C(C)C)c2c1-c1nc-2nc2[n-]c(nc3nc(nc4[n-]c(n1)c1c(OC(C(C)C)C(C)C)cccc41)-c1c(OC(C(C)C)C(C)C)cccc1-3)c1c(OC(C(C)C)C(C)C)cccc21.[Cu+2]. The largest absolute Gasteiger partial charge is 2.00 e. The molecule has 0 spiro atoms. The first-order chi connectivity index (χ1) is 37.1. The standard InChI is InChI=1S/C64H76N8O6.Cu/c1-18-47(73)74-30-39-28-29-46(78-56(37(14)15)38(16)17)52-48(39)60-71-63-51-42(24-21-27-45(51)77-55(35(10)11)36(12)13)58(69-63)67-61-49-40(22-19-25-43(49)75-53(31(2)3)32(4)5)57(65-61)66-62-50-41(59(68-62)70-64(52)72-60)23-20-26-44(50)76-54(33(6)7)34(8)9;/h18-29,31-38,53-56H,1,30H2,2-17H3;/q-2;+2. The van der Waals surface area contributed by atoms with Crippen LogP contribution in [0.5, 0.6) is 23.0 Å². The van der Waals surface area contributed by atoms with E-state index in [1.54, 1.807) is 0 Å². The molecule has 14 nitrogen and oxygen atoms in total. The molecule has 4 aromatic carbocycles. The van der Waals surface area contributed by atoms with Gasteiger partial charge >= 0.3 is 23.0 Å². The summed E-state index contributed by atoms with van der Waals surface area (Å²) in [6.45, 7) is 38.1. The van der Waals surface area contributed by atoms with E-state index in [2.05, 4.69) is 117 Å². The first-order valence-electron chi connectivity index (χ1n) is 27.9. The van der Waals surface area contributed by atoms with Gasteiger partial charge in [-0.1, -0.05) is 160 Å². The van der Waals surface area contributed by atoms with Gasteiger partial charge < -0.3 is 53.6 Å². The van der Waals surface area contributed by atoms with E-state index in [0.717, 1.165) is 11.6 Å². The summed E-state index contributed by atoms with van der Waals surface area (Å²) < 4.78 is 33.9. The maximum Gasteiger partial charge on any atom is 2.00 e. The molecular formula is C64H76CuN8O6. The van der Waals surface area contributed by atoms with E-state index in [-0.39, 0.29) is 107 Å². The zero-order valence-electron chi connectivity index (χ0n) is 48.6. The summed E-state index contributed by atoms with van der Waals surface area (Å²) in [5, 5.41) is 2.70. The first-order valence-corrected chi connectivity index (χ1v) is 27.9. The van der Waals surface area contributed by atoms with Crippen molar-refractivity contribution >= 4 is 50.1 Å². The van der Waals surface area contributed by atoms with Crippen LogP contribution in [0.15, 0.2) is 79.4 Å². The number of fused-ring (bicyclic) bond motifs is 20. The van der Waals surface area contributed by atoms with Crippen LogP contribution in [0.25, 0.3) is 89.7 Å². The smallest absolute Gasteiger partial charge is 0.489 e. The van der Waals surface area contributed by atoms with Gasteiger partial charge in [0.2, 0.25) is 0 Å². The normalized spacial score (nSPS) is 12.5. The minimum absolute atomic E-state index is 0. The zero-order valence-corrected chi connectivity index (χ0v) is 49.5. The molecule has 5 heterocycles. The van der Waals surface area contributed by atoms with Crippen LogP contribution in [0.1, 0.15) is 116 Å². The average Bonchev–Trinajstić information content (AvgIpc) is 4.34. The van der Waals surface area contributed by atoms with Gasteiger partial charge in [0.25, 0.3) is 0 Å². The molecule has 3 aromatic heterocycles. The fourth-order valence-corrected chi connectivity index (χ4v) is 11.3. The fraction of sp³-hybridized carbons (Fsp3) is 0.453. The molecule has 0 saturated heterocycles. The van der Waals surface area contributed by atoms with Crippen molar-refractivity contribution in [3.05, 3.63) is 84.9 Å². The number of aromatic nitrogens is 8. The molecule has 1 radical (unpaired) electrons. The predicted octanol–water partition coefficient (Wildman–Crippen LogP) is 14.6. The Labute approximate surface area is 475 Å². The number of nitrogens with zero attached hydrogens (tertiary/aromatic N) is 8. The number of ether oxygens (including phenoxy) is 5. The van der Waals surface area contributed by atoms with E-state index in [9.17, 15) is 4.79 Å². The number of carbonyl (C=O) groups is 1. The molecule has 0 N–H and O–H groups in total. The summed E-state index contributed by atoms with van der Waals surface area (Å²) >= 11 is 0. The molecule has 8 bridgehead atoms. The van der Waals surface area contributed by atoms with Gasteiger partial charge in [0.1, 0.15) is 54.0 Å². The van der Waals surface area contributed by atoms with Crippen molar-refractivity contribution in [1.82, 2.24) is 39.9 Å². The van der Waals surface area contributed by atoms with Crippen molar-refractivity contribution in [2.24, 2.45) is 47.3 Å². The third-order valence-electron chi connectivity index (χ3n) is 14.7. The quantitative estimate of drug-likeness (QED) is 0.0426. The van der Waals surface area contributed by atoms with E-state index in [1.807, 2.05) is 66.7 Å². The minimum atomic E-state index is -0.578. The van der Waals surface area contributed by atoms with Gasteiger partial charge in [0, 0.05) is 50.6 Å². The Kier molecular flexibility index (Phi) is 17.6. The Morgan fingerprint density at radius 2 is 0.810 bits per heavy atom. The van der Waals surface area contributed by atoms with Crippen molar-refractivity contribution in [3.8, 4) is 68.5 Å². The Morgan fingerprint density at radius 3 is 1.27 bits per heavy atom. The molecule has 0 atom stereocenters. The number of hydrogen-bond acceptors (Lipinski definition) is 12. The molecule has 2 aliphatic heterocycles. The van der Waals surface area contributed by atoms with Crippen molar-refractivity contribution in [2.45, 2.75) is 142 Å². The molecule has 0 fully saturated rings. The second-order valence-electron chi connectivity index (χ2n) is 23.6. The second kappa shape index (κ2) is 23.9. The maximum atomic E-state index is 12.8. The molecule has 0 aliphatic carbocycles. The maximum absolute atomic E-state index is 12.8. The summed E-state index contributed by atoms with van der Waals surface area (Å²) in [6.07, 6.45) is 0.562. The average molecular weight is 1120 g/mol. The summed E-state index contributed by atoms with van der Waals surface area (Å²) in [7, 11) is 0. The molecule has 2 aliphatic rings. The topological polar surface area (TPSA) is 169 Å². The van der Waals surface area contributed by atoms with Gasteiger partial charge in [-0.3, -0.25) is 0 Å². The molecular weight excluding hydrogens is 1040 g/mol. The van der Waals surface area contributed by atoms with Crippen LogP contribution in [-0.2, 0) is 33.2 Å². The van der Waals surface area contributed by atoms with E-state index < -0.39 is 5.97 Å². The molecule has 0 amide bonds. The van der Waals surface area contributed by atoms with Gasteiger partial charge in [-0.25, -0.2) is 14.8 Å². The molecule has 15 heteroatoms. The second-order valence-corrected chi connectivity index (χ2v) is 23.6. The van der Waals surface area contributed by atoms with E-state index in [4.69, 9.17) is 63.6 Å². The van der Waals surface area contributed by atoms with Crippen LogP contribution in [0.3, 0.4) is 0 Å². The minimum Gasteiger partial charge on any atom is -0.489 e. The van der Waals surface area contributed by atoms with Crippen LogP contribution in [0, 0.1) is 47.3 Å². The number of esters is 1. The number of benzene rings is 4. The number of rotatable bonds is 19. The fourth-order valence-electron chi connectivity index (χ4n) is 11.3. The van der Waals surface area contributed by atoms with E-state index >= 15 is 0 Å². The Morgan fingerprint density at radius 1 is 0.443 bits per heavy atom. The Hall–Kier alpha value is -6.83. The molecule has 7 aromatic rings. The van der Waals surface area contributed by atoms with Gasteiger partial charge in [0.15, 0.2) is 0 Å². The van der Waals surface area contributed by atoms with Crippen molar-refractivity contribution < 1.29 is 45.5 Å². The van der Waals surface area contributed by atoms with Crippen LogP contribution in [-0.4, -0.2) is 60.3 Å². The van der Waals surface area contributed by atoms with Crippen LogP contribution in [0.4, 0.5) is 0 Å². The molecule has 79 heavy (non-hydrogen) atoms. The monoisotopic (exact) mass is 1120 g/mol. The Bertz CT molecular complexity index is 3520. The van der Waals surface area contributed by atoms with Gasteiger partial charge in [-0.15, -0.1) is 0 Å². The summed E-state index contributed by atoms with van der Waals surface area (Å²) in [5.74, 6) is 4.58. The van der Waals surface area contributed by atoms with Crippen LogP contribution < -0.4 is 28.9 Å². The third kappa shape index (κ3) is 11.6. The Balaban J connectivity index is 0.00000822. The van der Waals surface area contributed by atoms with Crippen molar-refractivity contribution in [1.29, 1.82) is 0 Å². The number of carbonyl (C=O) groups excluding carboxylic acids is 1. The van der Waals surface area contributed by atoms with Crippen LogP contribution >= 0.6 is 0 Å². The summed E-state index contributed by atoms with van der Waals surface area (Å²) in [4.78, 5) is 55.7. The van der Waals surface area contributed by atoms with Crippen LogP contribution in [0.2, 0.25) is 0 Å². The third-order valence-corrected chi connectivity index (χ3v) is 14.7. The van der Waals surface area contributed by atoms with Gasteiger partial charge in [-0.05, 0) is 87.9 Å². The molecule has 419 valence electrons. The summed E-state index contributed by atoms with van der Waals surface area (Å²) in [6, 6.07) is 21.5. The van der Waals surface area contributed by atoms with Crippen molar-refractivity contribution in [3.63, 3.8) is 0 Å². The molecule has 9 rings (SSSR count). The van der Waals surface area contributed by atoms with E-state index in [1.165, 1.54) is 0 Å². The van der Waals surface area contributed by atoms with Crippen molar-refractivity contribution in [2.75, 3.05) is 0 Å². The zero-order chi connectivity index (χ0) is 56.0. The van der Waals surface area contributed by atoms with Gasteiger partial charge in [0.05, 0.1) is 34.4 Å². The number of hydrogen-bond donors (Lipinski definition) is 0. The first kappa shape index (κ1) is 58.3.